The lowest BCUT2D eigenvalue weighted by Gasteiger charge is -2.14. The molecule has 2 rings (SSSR count). The van der Waals surface area contributed by atoms with Crippen molar-refractivity contribution in [1.29, 1.82) is 5.41 Å². The fourth-order valence-electron chi connectivity index (χ4n) is 1.86. The molecule has 2 aromatic rings. The summed E-state index contributed by atoms with van der Waals surface area (Å²) in [5.41, 5.74) is 2.82. The fourth-order valence-corrected chi connectivity index (χ4v) is 3.02. The highest BCUT2D eigenvalue weighted by Gasteiger charge is 2.11. The minimum Gasteiger partial charge on any atom is -0.380 e. The number of hydrogen-bond donors (Lipinski definition) is 3. The van der Waals surface area contributed by atoms with Crippen molar-refractivity contribution >= 4 is 46.0 Å². The lowest BCUT2D eigenvalue weighted by molar-refractivity contribution is 0.632. The summed E-state index contributed by atoms with van der Waals surface area (Å²) in [6.45, 7) is 0.638. The third kappa shape index (κ3) is 3.67. The summed E-state index contributed by atoms with van der Waals surface area (Å²) in [5, 5.41) is 13.7. The van der Waals surface area contributed by atoms with Crippen LogP contribution in [0.3, 0.4) is 0 Å². The summed E-state index contributed by atoms with van der Waals surface area (Å²) in [6.07, 6.45) is 1.53. The van der Waals surface area contributed by atoms with Crippen LogP contribution in [0.4, 0.5) is 15.8 Å². The third-order valence-corrected chi connectivity index (χ3v) is 3.99. The van der Waals surface area contributed by atoms with Crippen LogP contribution in [0.25, 0.3) is 0 Å². The Kier molecular flexibility index (Phi) is 5.73. The molecule has 0 bridgehead atoms. The van der Waals surface area contributed by atoms with Crippen molar-refractivity contribution in [2.45, 2.75) is 6.54 Å². The van der Waals surface area contributed by atoms with Gasteiger partial charge in [0.05, 0.1) is 5.69 Å². The fraction of sp³-hybridized carbons (Fsp3) is 0.0714. The van der Waals surface area contributed by atoms with Gasteiger partial charge in [-0.1, -0.05) is 30.3 Å². The molecule has 0 spiro atoms. The van der Waals surface area contributed by atoms with E-state index in [9.17, 15) is 4.39 Å². The molecule has 3 nitrogen and oxygen atoms in total. The first kappa shape index (κ1) is 15.2. The number of anilines is 2. The van der Waals surface area contributed by atoms with Gasteiger partial charge in [0, 0.05) is 30.4 Å². The molecular weight excluding hydrogens is 387 g/mol. The van der Waals surface area contributed by atoms with E-state index in [0.29, 0.717) is 24.2 Å². The number of hydrogen-bond acceptors (Lipinski definition) is 3. The van der Waals surface area contributed by atoms with Crippen molar-refractivity contribution in [3.63, 3.8) is 0 Å². The average molecular weight is 401 g/mol. The molecule has 104 valence electrons. The summed E-state index contributed by atoms with van der Waals surface area (Å²) in [4.78, 5) is 0. The number of benzene rings is 2. The summed E-state index contributed by atoms with van der Waals surface area (Å²) in [5.74, 6) is -0.335. The van der Waals surface area contributed by atoms with E-state index >= 15 is 0 Å². The van der Waals surface area contributed by atoms with Gasteiger partial charge >= 0.3 is 0 Å². The van der Waals surface area contributed by atoms with Crippen LogP contribution in [-0.2, 0) is 6.54 Å². The number of rotatable bonds is 6. The van der Waals surface area contributed by atoms with Gasteiger partial charge in [0.15, 0.2) is 0 Å². The molecule has 0 heterocycles. The van der Waals surface area contributed by atoms with Crippen LogP contribution in [0.1, 0.15) is 11.1 Å². The van der Waals surface area contributed by atoms with Gasteiger partial charge in [0.25, 0.3) is 0 Å². The Hall–Kier alpha value is -1.20. The van der Waals surface area contributed by atoms with Crippen molar-refractivity contribution in [2.75, 3.05) is 10.4 Å². The van der Waals surface area contributed by atoms with Crippen LogP contribution in [0.15, 0.2) is 42.5 Å². The number of nitrogens with one attached hydrogen (secondary N) is 3. The molecule has 1 atom stereocenters. The predicted molar refractivity (Wildman–Crippen MR) is 94.0 cm³/mol. The normalized spacial score (nSPS) is 10.7. The monoisotopic (exact) mass is 401 g/mol. The first-order valence-electron chi connectivity index (χ1n) is 5.98. The highest BCUT2D eigenvalue weighted by atomic mass is 127. The van der Waals surface area contributed by atoms with Gasteiger partial charge in [0.1, 0.15) is 5.82 Å². The van der Waals surface area contributed by atoms with Gasteiger partial charge in [-0.05, 0) is 39.7 Å². The zero-order chi connectivity index (χ0) is 14.4. The minimum absolute atomic E-state index is 0.335. The third-order valence-electron chi connectivity index (χ3n) is 2.84. The summed E-state index contributed by atoms with van der Waals surface area (Å²) < 4.78 is 13.8. The molecule has 0 amide bonds. The minimum atomic E-state index is -0.335. The lowest BCUT2D eigenvalue weighted by atomic mass is 10.1. The van der Waals surface area contributed by atoms with E-state index in [0.717, 1.165) is 11.3 Å². The van der Waals surface area contributed by atoms with Crippen molar-refractivity contribution in [3.8, 4) is 0 Å². The van der Waals surface area contributed by atoms with Gasteiger partial charge in [-0.25, -0.2) is 4.39 Å². The first-order chi connectivity index (χ1) is 9.76. The Morgan fingerprint density at radius 1 is 1.20 bits per heavy atom. The maximum absolute atomic E-state index is 13.8. The molecule has 3 N–H and O–H groups in total. The number of halogens is 2. The maximum Gasteiger partial charge on any atom is 0.147 e. The molecule has 0 aliphatic carbocycles. The molecule has 6 heteroatoms. The zero-order valence-corrected chi connectivity index (χ0v) is 13.7. The van der Waals surface area contributed by atoms with Crippen LogP contribution in [0.2, 0.25) is 0 Å². The Bertz CT molecular complexity index is 592. The van der Waals surface area contributed by atoms with Crippen molar-refractivity contribution < 1.29 is 4.39 Å². The van der Waals surface area contributed by atoms with Crippen LogP contribution in [0, 0.1) is 11.2 Å². The molecule has 0 aromatic heterocycles. The van der Waals surface area contributed by atoms with E-state index < -0.39 is 0 Å². The second kappa shape index (κ2) is 7.55. The molecule has 0 saturated carbocycles. The molecule has 2 aromatic carbocycles. The SMILES string of the molecule is N=Cc1c(NCc2ccccc2)ccc(F)c1NPI. The van der Waals surface area contributed by atoms with Gasteiger partial charge in [-0.15, -0.1) is 0 Å². The zero-order valence-electron chi connectivity index (χ0n) is 10.6. The van der Waals surface area contributed by atoms with E-state index in [4.69, 9.17) is 5.41 Å². The van der Waals surface area contributed by atoms with Crippen LogP contribution >= 0.6 is 28.4 Å². The van der Waals surface area contributed by atoms with E-state index in [-0.39, 0.29) is 5.82 Å². The topological polar surface area (TPSA) is 47.9 Å². The standard InChI is InChI=1S/C14H14FIN3P/c15-12-6-7-13(11(8-17)14(12)19-20-16)18-9-10-4-2-1-3-5-10/h1-8,17-20H,9H2. The van der Waals surface area contributed by atoms with Gasteiger partial charge < -0.3 is 15.8 Å². The quantitative estimate of drug-likeness (QED) is 0.370. The van der Waals surface area contributed by atoms with Crippen LogP contribution < -0.4 is 10.4 Å². The van der Waals surface area contributed by atoms with Crippen LogP contribution in [0.5, 0.6) is 0 Å². The average Bonchev–Trinajstić information content (AvgIpc) is 2.49. The van der Waals surface area contributed by atoms with E-state index in [1.807, 2.05) is 30.3 Å². The molecular formula is C14H14FIN3P. The van der Waals surface area contributed by atoms with Crippen molar-refractivity contribution in [1.82, 2.24) is 0 Å². The smallest absolute Gasteiger partial charge is 0.147 e. The predicted octanol–water partition coefficient (Wildman–Crippen LogP) is 4.79. The van der Waals surface area contributed by atoms with E-state index in [2.05, 4.69) is 32.4 Å². The summed E-state index contributed by atoms with van der Waals surface area (Å²) in [7, 11) is 0. The molecule has 0 aliphatic rings. The summed E-state index contributed by atoms with van der Waals surface area (Å²) >= 11 is 2.14. The van der Waals surface area contributed by atoms with Crippen LogP contribution in [-0.4, -0.2) is 6.21 Å². The Morgan fingerprint density at radius 3 is 2.60 bits per heavy atom. The van der Waals surface area contributed by atoms with Gasteiger partial charge in [-0.3, -0.25) is 0 Å². The largest absolute Gasteiger partial charge is 0.380 e. The Balaban J connectivity index is 2.23. The second-order valence-electron chi connectivity index (χ2n) is 4.09. The first-order valence-corrected chi connectivity index (χ1v) is 10.1. The Labute approximate surface area is 132 Å². The maximum atomic E-state index is 13.8. The second-order valence-corrected chi connectivity index (χ2v) is 6.14. The van der Waals surface area contributed by atoms with E-state index in [1.165, 1.54) is 12.3 Å². The summed E-state index contributed by atoms with van der Waals surface area (Å²) in [6, 6.07) is 13.0. The lowest BCUT2D eigenvalue weighted by Crippen LogP contribution is -2.05. The van der Waals surface area contributed by atoms with Gasteiger partial charge in [-0.2, -0.15) is 0 Å². The Morgan fingerprint density at radius 2 is 1.95 bits per heavy atom. The molecule has 1 unspecified atom stereocenters. The molecule has 0 radical (unpaired) electrons. The highest BCUT2D eigenvalue weighted by molar-refractivity contribution is 14.2. The highest BCUT2D eigenvalue weighted by Crippen LogP contribution is 2.32. The molecule has 0 aliphatic heterocycles. The van der Waals surface area contributed by atoms with Crippen molar-refractivity contribution in [3.05, 3.63) is 59.4 Å². The van der Waals surface area contributed by atoms with Gasteiger partial charge in [0.2, 0.25) is 0 Å². The van der Waals surface area contributed by atoms with E-state index in [1.54, 1.807) is 6.07 Å². The molecule has 0 saturated heterocycles. The van der Waals surface area contributed by atoms with Crippen molar-refractivity contribution in [2.24, 2.45) is 0 Å². The molecule has 20 heavy (non-hydrogen) atoms. The molecule has 0 fully saturated rings.